The van der Waals surface area contributed by atoms with E-state index >= 15 is 0 Å². The van der Waals surface area contributed by atoms with Gasteiger partial charge in [-0.3, -0.25) is 20.4 Å². The Bertz CT molecular complexity index is 989. The second kappa shape index (κ2) is 10.7. The third-order valence-corrected chi connectivity index (χ3v) is 4.45. The standard InChI is InChI=1S/C24H24N2O4/c1-29-20-11-7-8-18(16-20)14-15-23(27)25-26-24(28)17-30-22-13-6-5-12-21(22)19-9-3-2-4-10-19/h2-13,16H,14-15,17H2,1H3,(H,25,27)(H,26,28). The summed E-state index contributed by atoms with van der Waals surface area (Å²) >= 11 is 0. The SMILES string of the molecule is COc1cccc(CCC(=O)NNC(=O)COc2ccccc2-c2ccccc2)c1. The number of benzene rings is 3. The van der Waals surface area contributed by atoms with Crippen LogP contribution < -0.4 is 20.3 Å². The van der Waals surface area contributed by atoms with Gasteiger partial charge >= 0.3 is 0 Å². The zero-order valence-corrected chi connectivity index (χ0v) is 16.8. The summed E-state index contributed by atoms with van der Waals surface area (Å²) in [6.07, 6.45) is 0.783. The lowest BCUT2D eigenvalue weighted by Crippen LogP contribution is -2.43. The lowest BCUT2D eigenvalue weighted by Gasteiger charge is -2.12. The summed E-state index contributed by atoms with van der Waals surface area (Å²) in [4.78, 5) is 24.0. The van der Waals surface area contributed by atoms with Gasteiger partial charge in [0.1, 0.15) is 11.5 Å². The molecule has 0 saturated carbocycles. The first-order valence-electron chi connectivity index (χ1n) is 9.63. The fourth-order valence-corrected chi connectivity index (χ4v) is 2.92. The molecule has 0 bridgehead atoms. The van der Waals surface area contributed by atoms with Crippen LogP contribution in [0.2, 0.25) is 0 Å². The van der Waals surface area contributed by atoms with Gasteiger partial charge in [0.15, 0.2) is 6.61 Å². The second-order valence-electron chi connectivity index (χ2n) is 6.60. The number of amides is 2. The summed E-state index contributed by atoms with van der Waals surface area (Å²) < 4.78 is 10.8. The van der Waals surface area contributed by atoms with E-state index in [1.54, 1.807) is 7.11 Å². The van der Waals surface area contributed by atoms with E-state index in [4.69, 9.17) is 9.47 Å². The number of carbonyl (C=O) groups is 2. The Morgan fingerprint density at radius 3 is 2.37 bits per heavy atom. The minimum absolute atomic E-state index is 0.208. The average Bonchev–Trinajstić information content (AvgIpc) is 2.81. The van der Waals surface area contributed by atoms with Crippen molar-refractivity contribution in [3.63, 3.8) is 0 Å². The number of carbonyl (C=O) groups excluding carboxylic acids is 2. The number of rotatable bonds is 8. The van der Waals surface area contributed by atoms with Crippen LogP contribution in [0.25, 0.3) is 11.1 Å². The summed E-state index contributed by atoms with van der Waals surface area (Å²) in [6.45, 7) is -0.208. The average molecular weight is 404 g/mol. The minimum Gasteiger partial charge on any atom is -0.497 e. The van der Waals surface area contributed by atoms with E-state index in [0.29, 0.717) is 12.2 Å². The van der Waals surface area contributed by atoms with Crippen LogP contribution in [0.15, 0.2) is 78.9 Å². The van der Waals surface area contributed by atoms with Crippen LogP contribution in [0.1, 0.15) is 12.0 Å². The van der Waals surface area contributed by atoms with Crippen LogP contribution in [0.4, 0.5) is 0 Å². The minimum atomic E-state index is -0.437. The summed E-state index contributed by atoms with van der Waals surface area (Å²) in [7, 11) is 1.60. The zero-order chi connectivity index (χ0) is 21.2. The maximum absolute atomic E-state index is 12.1. The van der Waals surface area contributed by atoms with Crippen LogP contribution >= 0.6 is 0 Å². The van der Waals surface area contributed by atoms with Crippen molar-refractivity contribution < 1.29 is 19.1 Å². The molecule has 0 atom stereocenters. The predicted octanol–water partition coefficient (Wildman–Crippen LogP) is 3.52. The van der Waals surface area contributed by atoms with Gasteiger partial charge in [0.25, 0.3) is 5.91 Å². The molecule has 0 fully saturated rings. The number of nitrogens with one attached hydrogen (secondary N) is 2. The summed E-state index contributed by atoms with van der Waals surface area (Å²) in [5.74, 6) is 0.626. The first-order valence-corrected chi connectivity index (χ1v) is 9.63. The Morgan fingerprint density at radius 1 is 0.833 bits per heavy atom. The number of hydrazine groups is 1. The van der Waals surface area contributed by atoms with Crippen molar-refractivity contribution in [3.05, 3.63) is 84.4 Å². The summed E-state index contributed by atoms with van der Waals surface area (Å²) in [5, 5.41) is 0. The van der Waals surface area contributed by atoms with Crippen LogP contribution in [-0.4, -0.2) is 25.5 Å². The molecule has 0 radical (unpaired) electrons. The zero-order valence-electron chi connectivity index (χ0n) is 16.8. The molecule has 3 rings (SSSR count). The molecule has 0 unspecified atom stereocenters. The number of para-hydroxylation sites is 1. The van der Waals surface area contributed by atoms with E-state index in [9.17, 15) is 9.59 Å². The lowest BCUT2D eigenvalue weighted by atomic mass is 10.1. The largest absolute Gasteiger partial charge is 0.497 e. The molecule has 0 aliphatic rings. The molecule has 0 spiro atoms. The molecule has 154 valence electrons. The van der Waals surface area contributed by atoms with E-state index in [0.717, 1.165) is 22.4 Å². The molecule has 6 nitrogen and oxygen atoms in total. The molecule has 0 heterocycles. The maximum atomic E-state index is 12.1. The van der Waals surface area contributed by atoms with Gasteiger partial charge in [-0.05, 0) is 35.7 Å². The maximum Gasteiger partial charge on any atom is 0.276 e. The summed E-state index contributed by atoms with van der Waals surface area (Å²) in [5.41, 5.74) is 7.68. The van der Waals surface area contributed by atoms with Crippen molar-refractivity contribution in [2.45, 2.75) is 12.8 Å². The molecule has 0 aromatic heterocycles. The first-order chi connectivity index (χ1) is 14.7. The highest BCUT2D eigenvalue weighted by Gasteiger charge is 2.09. The molecule has 2 N–H and O–H groups in total. The van der Waals surface area contributed by atoms with Gasteiger partial charge in [-0.25, -0.2) is 0 Å². The predicted molar refractivity (Wildman–Crippen MR) is 115 cm³/mol. The van der Waals surface area contributed by atoms with E-state index in [1.165, 1.54) is 0 Å². The highest BCUT2D eigenvalue weighted by atomic mass is 16.5. The smallest absolute Gasteiger partial charge is 0.276 e. The molecule has 30 heavy (non-hydrogen) atoms. The highest BCUT2D eigenvalue weighted by molar-refractivity contribution is 5.83. The number of aryl methyl sites for hydroxylation is 1. The molecule has 6 heteroatoms. The summed E-state index contributed by atoms with van der Waals surface area (Å²) in [6, 6.07) is 24.8. The Kier molecular flexibility index (Phi) is 7.44. The van der Waals surface area contributed by atoms with Crippen LogP contribution in [0.5, 0.6) is 11.5 Å². The van der Waals surface area contributed by atoms with Crippen molar-refractivity contribution in [1.29, 1.82) is 0 Å². The van der Waals surface area contributed by atoms with E-state index < -0.39 is 5.91 Å². The Labute approximate surface area is 175 Å². The van der Waals surface area contributed by atoms with E-state index in [-0.39, 0.29) is 18.9 Å². The Morgan fingerprint density at radius 2 is 1.57 bits per heavy atom. The molecule has 2 amide bonds. The second-order valence-corrected chi connectivity index (χ2v) is 6.60. The van der Waals surface area contributed by atoms with Gasteiger partial charge in [0, 0.05) is 12.0 Å². The van der Waals surface area contributed by atoms with Crippen LogP contribution in [0.3, 0.4) is 0 Å². The van der Waals surface area contributed by atoms with Gasteiger partial charge in [0.05, 0.1) is 7.11 Å². The number of ether oxygens (including phenoxy) is 2. The quantitative estimate of drug-likeness (QED) is 0.563. The number of methoxy groups -OCH3 is 1. The molecule has 3 aromatic rings. The van der Waals surface area contributed by atoms with Gasteiger partial charge in [-0.2, -0.15) is 0 Å². The lowest BCUT2D eigenvalue weighted by molar-refractivity contribution is -0.130. The Hall–Kier alpha value is -3.80. The topological polar surface area (TPSA) is 76.7 Å². The third-order valence-electron chi connectivity index (χ3n) is 4.45. The van der Waals surface area contributed by atoms with Crippen LogP contribution in [0, 0.1) is 0 Å². The molecule has 0 aliphatic carbocycles. The van der Waals surface area contributed by atoms with E-state index in [1.807, 2.05) is 78.9 Å². The van der Waals surface area contributed by atoms with Gasteiger partial charge in [-0.1, -0.05) is 60.7 Å². The van der Waals surface area contributed by atoms with Crippen molar-refractivity contribution in [2.24, 2.45) is 0 Å². The number of hydrogen-bond donors (Lipinski definition) is 2. The fraction of sp³-hybridized carbons (Fsp3) is 0.167. The van der Waals surface area contributed by atoms with E-state index in [2.05, 4.69) is 10.9 Å². The monoisotopic (exact) mass is 404 g/mol. The number of hydrogen-bond acceptors (Lipinski definition) is 4. The highest BCUT2D eigenvalue weighted by Crippen LogP contribution is 2.29. The van der Waals surface area contributed by atoms with Crippen molar-refractivity contribution in [3.8, 4) is 22.6 Å². The Balaban J connectivity index is 1.45. The molecular weight excluding hydrogens is 380 g/mol. The van der Waals surface area contributed by atoms with Crippen molar-refractivity contribution in [1.82, 2.24) is 10.9 Å². The fourth-order valence-electron chi connectivity index (χ4n) is 2.92. The van der Waals surface area contributed by atoms with Gasteiger partial charge in [-0.15, -0.1) is 0 Å². The van der Waals surface area contributed by atoms with Crippen LogP contribution in [-0.2, 0) is 16.0 Å². The molecule has 3 aromatic carbocycles. The van der Waals surface area contributed by atoms with Gasteiger partial charge in [0.2, 0.25) is 5.91 Å². The third kappa shape index (κ3) is 6.10. The van der Waals surface area contributed by atoms with Crippen molar-refractivity contribution >= 4 is 11.8 Å². The normalized spacial score (nSPS) is 10.2. The van der Waals surface area contributed by atoms with Crippen molar-refractivity contribution in [2.75, 3.05) is 13.7 Å². The first kappa shape index (κ1) is 20.9. The molecule has 0 aliphatic heterocycles. The molecule has 0 saturated heterocycles. The van der Waals surface area contributed by atoms with Gasteiger partial charge < -0.3 is 9.47 Å². The molecular formula is C24H24N2O4.